The molecule has 0 amide bonds. The second kappa shape index (κ2) is 8.84. The van der Waals surface area contributed by atoms with Crippen molar-refractivity contribution >= 4 is 16.1 Å². The molecular formula is C14H21NO6S. The van der Waals surface area contributed by atoms with E-state index in [1.807, 2.05) is 6.92 Å². The van der Waals surface area contributed by atoms with Gasteiger partial charge in [-0.05, 0) is 32.0 Å². The zero-order valence-electron chi connectivity index (χ0n) is 12.6. The highest BCUT2D eigenvalue weighted by Crippen LogP contribution is 2.08. The Kier molecular flexibility index (Phi) is 7.46. The predicted molar refractivity (Wildman–Crippen MR) is 80.2 cm³/mol. The lowest BCUT2D eigenvalue weighted by atomic mass is 10.2. The van der Waals surface area contributed by atoms with E-state index in [1.165, 1.54) is 19.2 Å². The van der Waals surface area contributed by atoms with E-state index in [0.29, 0.717) is 0 Å². The van der Waals surface area contributed by atoms with E-state index < -0.39 is 10.1 Å². The summed E-state index contributed by atoms with van der Waals surface area (Å²) in [7, 11) is -2.66. The second-order valence-electron chi connectivity index (χ2n) is 4.79. The van der Waals surface area contributed by atoms with Crippen molar-refractivity contribution in [3.8, 4) is 0 Å². The van der Waals surface area contributed by atoms with Crippen LogP contribution in [0.1, 0.15) is 12.0 Å². The molecule has 1 atom stereocenters. The van der Waals surface area contributed by atoms with Gasteiger partial charge in [0.15, 0.2) is 0 Å². The number of nitrogens with one attached hydrogen (secondary N) is 1. The Morgan fingerprint density at radius 1 is 1.36 bits per heavy atom. The van der Waals surface area contributed by atoms with Crippen LogP contribution in [0.4, 0.5) is 0 Å². The number of ether oxygens (including phenoxy) is 2. The van der Waals surface area contributed by atoms with E-state index in [-0.39, 0.29) is 23.6 Å². The molecule has 1 fully saturated rings. The summed E-state index contributed by atoms with van der Waals surface area (Å²) in [5.41, 5.74) is 0.956. The minimum atomic E-state index is -4.02. The van der Waals surface area contributed by atoms with Crippen LogP contribution in [-0.2, 0) is 24.4 Å². The van der Waals surface area contributed by atoms with Gasteiger partial charge in [-0.25, -0.2) is 4.79 Å². The Bertz CT molecular complexity index is 564. The minimum Gasteiger partial charge on any atom is -0.467 e. The molecule has 2 rings (SSSR count). The predicted octanol–water partition coefficient (Wildman–Crippen LogP) is 0.780. The molecule has 22 heavy (non-hydrogen) atoms. The van der Waals surface area contributed by atoms with Gasteiger partial charge in [-0.3, -0.25) is 4.55 Å². The van der Waals surface area contributed by atoms with Crippen molar-refractivity contribution in [3.63, 3.8) is 0 Å². The smallest absolute Gasteiger partial charge is 0.331 e. The normalized spacial score (nSPS) is 17.5. The average Bonchev–Trinajstić information content (AvgIpc) is 2.98. The molecule has 0 aliphatic carbocycles. The van der Waals surface area contributed by atoms with Gasteiger partial charge in [-0.2, -0.15) is 8.42 Å². The van der Waals surface area contributed by atoms with Gasteiger partial charge in [0.25, 0.3) is 10.1 Å². The van der Waals surface area contributed by atoms with Gasteiger partial charge in [-0.15, -0.1) is 0 Å². The zero-order valence-corrected chi connectivity index (χ0v) is 13.4. The Balaban J connectivity index is 0.000000220. The van der Waals surface area contributed by atoms with Gasteiger partial charge < -0.3 is 14.8 Å². The first-order valence-electron chi connectivity index (χ1n) is 6.76. The Hall–Kier alpha value is -1.48. The summed E-state index contributed by atoms with van der Waals surface area (Å²) in [5.74, 6) is -0.308. The molecule has 1 aliphatic rings. The van der Waals surface area contributed by atoms with Crippen molar-refractivity contribution in [2.24, 2.45) is 0 Å². The summed E-state index contributed by atoms with van der Waals surface area (Å²) in [6, 6.07) is 5.99. The lowest BCUT2D eigenvalue weighted by molar-refractivity contribution is -0.147. The first-order chi connectivity index (χ1) is 10.3. The van der Waals surface area contributed by atoms with Crippen LogP contribution in [0.2, 0.25) is 0 Å². The molecule has 1 heterocycles. The fourth-order valence-corrected chi connectivity index (χ4v) is 2.21. The van der Waals surface area contributed by atoms with Gasteiger partial charge in [0.05, 0.1) is 18.1 Å². The molecule has 8 heteroatoms. The van der Waals surface area contributed by atoms with Crippen LogP contribution in [0.3, 0.4) is 0 Å². The van der Waals surface area contributed by atoms with Gasteiger partial charge in [-0.1, -0.05) is 17.7 Å². The quantitative estimate of drug-likeness (QED) is 0.621. The third-order valence-corrected chi connectivity index (χ3v) is 3.87. The van der Waals surface area contributed by atoms with Gasteiger partial charge in [0, 0.05) is 6.54 Å². The number of hydrogen-bond donors (Lipinski definition) is 2. The number of aryl methyl sites for hydroxylation is 1. The standard InChI is InChI=1S/C7H13NO3.C7H8O3S/c1-10-7(9)5-11-6-2-3-8-4-6;1-6-2-4-7(5-3-6)11(8,9)10/h6,8H,2-5H2,1H3;2-5H,1H3,(H,8,9,10). The SMILES string of the molecule is COC(=O)COC1CCNC1.Cc1ccc(S(=O)(=O)O)cc1. The van der Waals surface area contributed by atoms with Crippen LogP contribution in [0, 0.1) is 6.92 Å². The van der Waals surface area contributed by atoms with E-state index in [4.69, 9.17) is 9.29 Å². The Morgan fingerprint density at radius 3 is 2.45 bits per heavy atom. The molecule has 124 valence electrons. The maximum atomic E-state index is 10.6. The maximum absolute atomic E-state index is 10.6. The number of carbonyl (C=O) groups is 1. The lowest BCUT2D eigenvalue weighted by Gasteiger charge is -2.07. The third kappa shape index (κ3) is 6.99. The number of benzene rings is 1. The first-order valence-corrected chi connectivity index (χ1v) is 8.20. The number of esters is 1. The van der Waals surface area contributed by atoms with Crippen LogP contribution < -0.4 is 5.32 Å². The van der Waals surface area contributed by atoms with E-state index >= 15 is 0 Å². The summed E-state index contributed by atoms with van der Waals surface area (Å²) < 4.78 is 39.2. The number of rotatable bonds is 4. The highest BCUT2D eigenvalue weighted by Gasteiger charge is 2.15. The van der Waals surface area contributed by atoms with Crippen molar-refractivity contribution in [3.05, 3.63) is 29.8 Å². The minimum absolute atomic E-state index is 0.0666. The largest absolute Gasteiger partial charge is 0.467 e. The first kappa shape index (κ1) is 18.6. The van der Waals surface area contributed by atoms with Gasteiger partial charge in [0.1, 0.15) is 6.61 Å². The van der Waals surface area contributed by atoms with Gasteiger partial charge in [0.2, 0.25) is 0 Å². The molecular weight excluding hydrogens is 310 g/mol. The number of hydrogen-bond acceptors (Lipinski definition) is 6. The molecule has 1 aromatic rings. The summed E-state index contributed by atoms with van der Waals surface area (Å²) >= 11 is 0. The fourth-order valence-electron chi connectivity index (χ4n) is 1.73. The number of methoxy groups -OCH3 is 1. The molecule has 1 aliphatic heterocycles. The Labute approximate surface area is 130 Å². The molecule has 1 saturated heterocycles. The van der Waals surface area contributed by atoms with Crippen LogP contribution in [0.5, 0.6) is 0 Å². The second-order valence-corrected chi connectivity index (χ2v) is 6.21. The zero-order chi connectivity index (χ0) is 16.6. The molecule has 1 aromatic carbocycles. The lowest BCUT2D eigenvalue weighted by Crippen LogP contribution is -2.21. The van der Waals surface area contributed by atoms with Crippen molar-refractivity contribution < 1.29 is 27.2 Å². The molecule has 0 spiro atoms. The highest BCUT2D eigenvalue weighted by molar-refractivity contribution is 7.85. The summed E-state index contributed by atoms with van der Waals surface area (Å²) in [5, 5.41) is 3.14. The fraction of sp³-hybridized carbons (Fsp3) is 0.500. The van der Waals surface area contributed by atoms with Crippen molar-refractivity contribution in [2.75, 3.05) is 26.8 Å². The van der Waals surface area contributed by atoms with Crippen LogP contribution >= 0.6 is 0 Å². The van der Waals surface area contributed by atoms with E-state index in [1.54, 1.807) is 12.1 Å². The van der Waals surface area contributed by atoms with E-state index in [2.05, 4.69) is 10.1 Å². The van der Waals surface area contributed by atoms with Crippen molar-refractivity contribution in [1.82, 2.24) is 5.32 Å². The van der Waals surface area contributed by atoms with Gasteiger partial charge >= 0.3 is 5.97 Å². The molecule has 7 nitrogen and oxygen atoms in total. The summed E-state index contributed by atoms with van der Waals surface area (Å²) in [6.07, 6.45) is 1.17. The summed E-state index contributed by atoms with van der Waals surface area (Å²) in [4.78, 5) is 10.5. The topological polar surface area (TPSA) is 102 Å². The molecule has 2 N–H and O–H groups in total. The molecule has 0 aromatic heterocycles. The maximum Gasteiger partial charge on any atom is 0.331 e. The van der Waals surface area contributed by atoms with Crippen LogP contribution in [0.15, 0.2) is 29.2 Å². The molecule has 1 unspecified atom stereocenters. The molecule has 0 saturated carbocycles. The van der Waals surface area contributed by atoms with E-state index in [0.717, 1.165) is 25.1 Å². The monoisotopic (exact) mass is 331 g/mol. The number of carbonyl (C=O) groups excluding carboxylic acids is 1. The Morgan fingerprint density at radius 2 is 2.00 bits per heavy atom. The van der Waals surface area contributed by atoms with Crippen molar-refractivity contribution in [1.29, 1.82) is 0 Å². The summed E-state index contributed by atoms with van der Waals surface area (Å²) in [6.45, 7) is 3.74. The van der Waals surface area contributed by atoms with Crippen LogP contribution in [0.25, 0.3) is 0 Å². The van der Waals surface area contributed by atoms with Crippen molar-refractivity contribution in [2.45, 2.75) is 24.3 Å². The molecule has 0 bridgehead atoms. The average molecular weight is 331 g/mol. The highest BCUT2D eigenvalue weighted by atomic mass is 32.2. The molecule has 0 radical (unpaired) electrons. The van der Waals surface area contributed by atoms with E-state index in [9.17, 15) is 13.2 Å². The third-order valence-electron chi connectivity index (χ3n) is 3.00. The van der Waals surface area contributed by atoms with Crippen LogP contribution in [-0.4, -0.2) is 51.9 Å².